The Labute approximate surface area is 128 Å². The fraction of sp³-hybridized carbons (Fsp3) is 0.500. The molecule has 0 bridgehead atoms. The highest BCUT2D eigenvalue weighted by Gasteiger charge is 2.13. The van der Waals surface area contributed by atoms with Crippen LogP contribution in [0.15, 0.2) is 22.7 Å². The maximum atomic E-state index is 12.1. The molecule has 0 aliphatic carbocycles. The molecule has 1 atom stereocenters. The van der Waals surface area contributed by atoms with Crippen LogP contribution in [0.2, 0.25) is 5.02 Å². The van der Waals surface area contributed by atoms with Crippen LogP contribution in [0.5, 0.6) is 0 Å². The Morgan fingerprint density at radius 3 is 2.53 bits per heavy atom. The van der Waals surface area contributed by atoms with E-state index in [-0.39, 0.29) is 11.9 Å². The topological polar surface area (TPSA) is 32.3 Å². The molecular formula is C14H20BrClN2O. The van der Waals surface area contributed by atoms with E-state index in [1.54, 1.807) is 18.2 Å². The molecule has 0 aliphatic rings. The minimum atomic E-state index is -0.0946. The van der Waals surface area contributed by atoms with Crippen LogP contribution in [0, 0.1) is 0 Å². The molecule has 106 valence electrons. The minimum Gasteiger partial charge on any atom is -0.348 e. The van der Waals surface area contributed by atoms with Crippen molar-refractivity contribution >= 4 is 33.4 Å². The Balaban J connectivity index is 2.63. The molecule has 0 spiro atoms. The molecule has 0 aliphatic heterocycles. The van der Waals surface area contributed by atoms with Crippen molar-refractivity contribution in [3.05, 3.63) is 33.3 Å². The number of carbonyl (C=O) groups is 1. The molecule has 0 fully saturated rings. The average molecular weight is 348 g/mol. The van der Waals surface area contributed by atoms with Crippen molar-refractivity contribution in [2.24, 2.45) is 0 Å². The predicted molar refractivity (Wildman–Crippen MR) is 83.9 cm³/mol. The van der Waals surface area contributed by atoms with Gasteiger partial charge < -0.3 is 10.2 Å². The number of benzene rings is 1. The molecule has 5 heteroatoms. The van der Waals surface area contributed by atoms with Gasteiger partial charge in [-0.3, -0.25) is 4.79 Å². The van der Waals surface area contributed by atoms with Gasteiger partial charge in [-0.05, 0) is 38.2 Å². The quantitative estimate of drug-likeness (QED) is 0.853. The van der Waals surface area contributed by atoms with Crippen molar-refractivity contribution in [3.8, 4) is 0 Å². The Kier molecular flexibility index (Phi) is 6.83. The summed E-state index contributed by atoms with van der Waals surface area (Å²) in [4.78, 5) is 14.4. The zero-order valence-corrected chi connectivity index (χ0v) is 13.9. The zero-order valence-electron chi connectivity index (χ0n) is 11.5. The lowest BCUT2D eigenvalue weighted by molar-refractivity contribution is 0.0930. The maximum Gasteiger partial charge on any atom is 0.251 e. The fourth-order valence-electron chi connectivity index (χ4n) is 1.91. The normalized spacial score (nSPS) is 12.5. The van der Waals surface area contributed by atoms with Gasteiger partial charge in [-0.2, -0.15) is 0 Å². The van der Waals surface area contributed by atoms with Crippen molar-refractivity contribution in [2.45, 2.75) is 26.8 Å². The second-order valence-electron chi connectivity index (χ2n) is 4.52. The third kappa shape index (κ3) is 5.51. The van der Waals surface area contributed by atoms with Crippen LogP contribution in [0.1, 0.15) is 31.1 Å². The lowest BCUT2D eigenvalue weighted by Gasteiger charge is -2.23. The summed E-state index contributed by atoms with van der Waals surface area (Å²) in [5.74, 6) is -0.0946. The lowest BCUT2D eigenvalue weighted by Crippen LogP contribution is -2.41. The molecule has 0 saturated heterocycles. The lowest BCUT2D eigenvalue weighted by atomic mass is 10.2. The van der Waals surface area contributed by atoms with Gasteiger partial charge >= 0.3 is 0 Å². The van der Waals surface area contributed by atoms with Gasteiger partial charge in [-0.15, -0.1) is 0 Å². The summed E-state index contributed by atoms with van der Waals surface area (Å²) < 4.78 is 0.807. The van der Waals surface area contributed by atoms with Crippen molar-refractivity contribution in [2.75, 3.05) is 19.6 Å². The SMILES string of the molecule is CCN(CC)CC(C)NC(=O)c1cc(Cl)cc(Br)c1. The molecule has 3 nitrogen and oxygen atoms in total. The van der Waals surface area contributed by atoms with E-state index in [0.29, 0.717) is 10.6 Å². The van der Waals surface area contributed by atoms with Crippen molar-refractivity contribution in [1.82, 2.24) is 10.2 Å². The van der Waals surface area contributed by atoms with E-state index in [1.807, 2.05) is 6.92 Å². The zero-order chi connectivity index (χ0) is 14.4. The first-order chi connectivity index (χ1) is 8.96. The highest BCUT2D eigenvalue weighted by atomic mass is 79.9. The number of nitrogens with one attached hydrogen (secondary N) is 1. The highest BCUT2D eigenvalue weighted by molar-refractivity contribution is 9.10. The van der Waals surface area contributed by atoms with Crippen LogP contribution in [0.3, 0.4) is 0 Å². The number of halogens is 2. The summed E-state index contributed by atoms with van der Waals surface area (Å²) in [5.41, 5.74) is 0.575. The Morgan fingerprint density at radius 1 is 1.37 bits per heavy atom. The molecule has 1 N–H and O–H groups in total. The number of amides is 1. The molecule has 0 saturated carbocycles. The molecule has 0 radical (unpaired) electrons. The number of rotatable bonds is 6. The summed E-state index contributed by atoms with van der Waals surface area (Å²) in [6.07, 6.45) is 0. The van der Waals surface area contributed by atoms with Gasteiger partial charge in [-0.1, -0.05) is 41.4 Å². The fourth-order valence-corrected chi connectivity index (χ4v) is 2.77. The van der Waals surface area contributed by atoms with E-state index < -0.39 is 0 Å². The smallest absolute Gasteiger partial charge is 0.251 e. The molecule has 0 heterocycles. The Hall–Kier alpha value is -0.580. The third-order valence-electron chi connectivity index (χ3n) is 2.93. The van der Waals surface area contributed by atoms with Crippen LogP contribution < -0.4 is 5.32 Å². The first-order valence-corrected chi connectivity index (χ1v) is 7.62. The first kappa shape index (κ1) is 16.5. The molecule has 1 aromatic carbocycles. The molecular weight excluding hydrogens is 328 g/mol. The monoisotopic (exact) mass is 346 g/mol. The maximum absolute atomic E-state index is 12.1. The van der Waals surface area contributed by atoms with E-state index in [1.165, 1.54) is 0 Å². The number of nitrogens with zero attached hydrogens (tertiary/aromatic N) is 1. The van der Waals surface area contributed by atoms with Crippen LogP contribution >= 0.6 is 27.5 Å². The summed E-state index contributed by atoms with van der Waals surface area (Å²) >= 11 is 9.28. The van der Waals surface area contributed by atoms with E-state index in [0.717, 1.165) is 24.1 Å². The van der Waals surface area contributed by atoms with Gasteiger partial charge in [0.25, 0.3) is 5.91 Å². The number of hydrogen-bond donors (Lipinski definition) is 1. The number of carbonyl (C=O) groups excluding carboxylic acids is 1. The largest absolute Gasteiger partial charge is 0.348 e. The van der Waals surface area contributed by atoms with Crippen molar-refractivity contribution in [3.63, 3.8) is 0 Å². The Morgan fingerprint density at radius 2 is 2.00 bits per heavy atom. The molecule has 1 amide bonds. The summed E-state index contributed by atoms with van der Waals surface area (Å²) in [5, 5.41) is 3.54. The van der Waals surface area contributed by atoms with E-state index in [4.69, 9.17) is 11.6 Å². The molecule has 0 aromatic heterocycles. The van der Waals surface area contributed by atoms with E-state index >= 15 is 0 Å². The average Bonchev–Trinajstić information content (AvgIpc) is 2.34. The van der Waals surface area contributed by atoms with Crippen LogP contribution in [-0.4, -0.2) is 36.5 Å². The van der Waals surface area contributed by atoms with E-state index in [9.17, 15) is 4.79 Å². The van der Waals surface area contributed by atoms with E-state index in [2.05, 4.69) is 40.0 Å². The molecule has 1 aromatic rings. The van der Waals surface area contributed by atoms with Gasteiger partial charge in [0.15, 0.2) is 0 Å². The molecule has 1 unspecified atom stereocenters. The second-order valence-corrected chi connectivity index (χ2v) is 5.87. The van der Waals surface area contributed by atoms with Crippen LogP contribution in [0.4, 0.5) is 0 Å². The summed E-state index contributed by atoms with van der Waals surface area (Å²) in [6.45, 7) is 9.06. The van der Waals surface area contributed by atoms with Gasteiger partial charge in [-0.25, -0.2) is 0 Å². The van der Waals surface area contributed by atoms with Gasteiger partial charge in [0.05, 0.1) is 0 Å². The molecule has 1 rings (SSSR count). The summed E-state index contributed by atoms with van der Waals surface area (Å²) in [6, 6.07) is 5.31. The van der Waals surface area contributed by atoms with Gasteiger partial charge in [0.2, 0.25) is 0 Å². The van der Waals surface area contributed by atoms with Gasteiger partial charge in [0.1, 0.15) is 0 Å². The van der Waals surface area contributed by atoms with Crippen molar-refractivity contribution < 1.29 is 4.79 Å². The number of likely N-dealkylation sites (N-methyl/N-ethyl adjacent to an activating group) is 1. The van der Waals surface area contributed by atoms with Crippen molar-refractivity contribution in [1.29, 1.82) is 0 Å². The van der Waals surface area contributed by atoms with Gasteiger partial charge in [0, 0.05) is 27.6 Å². The van der Waals surface area contributed by atoms with Crippen LogP contribution in [-0.2, 0) is 0 Å². The molecule has 19 heavy (non-hydrogen) atoms. The third-order valence-corrected chi connectivity index (χ3v) is 3.60. The van der Waals surface area contributed by atoms with Crippen LogP contribution in [0.25, 0.3) is 0 Å². The summed E-state index contributed by atoms with van der Waals surface area (Å²) in [7, 11) is 0. The number of hydrogen-bond acceptors (Lipinski definition) is 2. The highest BCUT2D eigenvalue weighted by Crippen LogP contribution is 2.19. The first-order valence-electron chi connectivity index (χ1n) is 6.45. The standard InChI is InChI=1S/C14H20BrClN2O/c1-4-18(5-2)9-10(3)17-14(19)11-6-12(15)8-13(16)7-11/h6-8,10H,4-5,9H2,1-3H3,(H,17,19). The Bertz CT molecular complexity index is 415. The second kappa shape index (κ2) is 7.88. The minimum absolute atomic E-state index is 0.0946. The predicted octanol–water partition coefficient (Wildman–Crippen LogP) is 3.56.